The average molecular weight is 546 g/mol. The molecule has 0 saturated heterocycles. The first kappa shape index (κ1) is 25.7. The molecular formula is C37H31N5. The number of hydrogen-bond acceptors (Lipinski definition) is 2. The monoisotopic (exact) mass is 545 g/mol. The quantitative estimate of drug-likeness (QED) is 0.178. The molecule has 0 unspecified atom stereocenters. The summed E-state index contributed by atoms with van der Waals surface area (Å²) in [6, 6.07) is 37.0. The normalized spacial score (nSPS) is 13.5. The van der Waals surface area contributed by atoms with Crippen molar-refractivity contribution in [2.24, 2.45) is 22.8 Å². The highest BCUT2D eigenvalue weighted by Crippen LogP contribution is 2.41. The maximum Gasteiger partial charge on any atom is 0.158 e. The second kappa shape index (κ2) is 10.9. The Kier molecular flexibility index (Phi) is 6.68. The van der Waals surface area contributed by atoms with Crippen LogP contribution in [0.1, 0.15) is 34.2 Å². The van der Waals surface area contributed by atoms with Gasteiger partial charge in [-0.25, -0.2) is 9.98 Å². The Bertz CT molecular complexity index is 2010. The third-order valence-electron chi connectivity index (χ3n) is 7.99. The third-order valence-corrected chi connectivity index (χ3v) is 7.99. The van der Waals surface area contributed by atoms with Gasteiger partial charge < -0.3 is 10.3 Å². The van der Waals surface area contributed by atoms with Crippen molar-refractivity contribution in [1.29, 1.82) is 0 Å². The lowest BCUT2D eigenvalue weighted by atomic mass is 9.83. The van der Waals surface area contributed by atoms with E-state index in [1.54, 1.807) is 0 Å². The van der Waals surface area contributed by atoms with Gasteiger partial charge in [0.25, 0.3) is 0 Å². The zero-order valence-electron chi connectivity index (χ0n) is 23.5. The second-order valence-electron chi connectivity index (χ2n) is 10.6. The van der Waals surface area contributed by atoms with Crippen molar-refractivity contribution in [2.75, 3.05) is 0 Å². The summed E-state index contributed by atoms with van der Waals surface area (Å²) in [5, 5.41) is 2.27. The van der Waals surface area contributed by atoms with Crippen LogP contribution in [0.4, 0.5) is 0 Å². The average Bonchev–Trinajstić information content (AvgIpc) is 3.39. The molecule has 7 rings (SSSR count). The summed E-state index contributed by atoms with van der Waals surface area (Å²) in [4.78, 5) is 15.5. The highest BCUT2D eigenvalue weighted by atomic mass is 15.1. The number of nitrogens with two attached hydrogens (primary N) is 1. The third kappa shape index (κ3) is 4.59. The highest BCUT2D eigenvalue weighted by molar-refractivity contribution is 6.21. The summed E-state index contributed by atoms with van der Waals surface area (Å²) in [6.45, 7) is 0.481. The number of rotatable bonds is 5. The van der Waals surface area contributed by atoms with Crippen LogP contribution >= 0.6 is 0 Å². The number of aliphatic imine (C=N–C) groups is 2. The van der Waals surface area contributed by atoms with Crippen molar-refractivity contribution in [2.45, 2.75) is 19.4 Å². The lowest BCUT2D eigenvalue weighted by Gasteiger charge is -2.23. The van der Waals surface area contributed by atoms with Crippen LogP contribution in [0.25, 0.3) is 39.3 Å². The van der Waals surface area contributed by atoms with Gasteiger partial charge in [-0.3, -0.25) is 4.99 Å². The maximum absolute atomic E-state index is 6.70. The van der Waals surface area contributed by atoms with Crippen LogP contribution in [0.2, 0.25) is 0 Å². The molecular weight excluding hydrogens is 514 g/mol. The molecule has 1 aromatic heterocycles. The SMILES string of the molecule is Cn1c(-c2c3c(c4ccccc4c2C(/N=C(\N)c2ccccc2)=N/Cc2ccccc2)C=CCC3)nc2ccccc21. The summed E-state index contributed by atoms with van der Waals surface area (Å²) >= 11 is 0. The minimum absolute atomic E-state index is 0.431. The van der Waals surface area contributed by atoms with E-state index >= 15 is 0 Å². The first-order valence-electron chi connectivity index (χ1n) is 14.3. The Morgan fingerprint density at radius 2 is 1.52 bits per heavy atom. The van der Waals surface area contributed by atoms with Crippen molar-refractivity contribution < 1.29 is 0 Å². The standard InChI is InChI=1S/C37H31N5/c1-42-32-23-13-12-22-31(32)40-37(42)34-30-21-11-9-19-28(30)27-18-8-10-20-29(27)33(34)36(39-24-25-14-4-2-5-15-25)41-35(38)26-16-6-3-7-17-26/h2-10,12-20,22-23H,11,21,24H2,1H3,(H2,38,39,41). The molecule has 5 heteroatoms. The van der Waals surface area contributed by atoms with Crippen molar-refractivity contribution >= 4 is 39.6 Å². The molecule has 0 atom stereocenters. The number of para-hydroxylation sites is 2. The number of imidazole rings is 1. The predicted molar refractivity (Wildman–Crippen MR) is 175 cm³/mol. The van der Waals surface area contributed by atoms with Gasteiger partial charge in [-0.15, -0.1) is 0 Å². The number of aromatic nitrogens is 2. The van der Waals surface area contributed by atoms with Gasteiger partial charge in [-0.2, -0.15) is 0 Å². The molecule has 1 heterocycles. The summed E-state index contributed by atoms with van der Waals surface area (Å²) in [5.41, 5.74) is 15.3. The molecule has 1 aliphatic carbocycles. The van der Waals surface area contributed by atoms with E-state index in [2.05, 4.69) is 78.4 Å². The number of fused-ring (bicyclic) bond motifs is 4. The minimum Gasteiger partial charge on any atom is -0.383 e. The largest absolute Gasteiger partial charge is 0.383 e. The van der Waals surface area contributed by atoms with Crippen LogP contribution in [0.3, 0.4) is 0 Å². The fourth-order valence-corrected chi connectivity index (χ4v) is 5.95. The molecule has 0 fully saturated rings. The minimum atomic E-state index is 0.431. The summed E-state index contributed by atoms with van der Waals surface area (Å²) in [6.07, 6.45) is 6.41. The highest BCUT2D eigenvalue weighted by Gasteiger charge is 2.27. The van der Waals surface area contributed by atoms with E-state index in [0.717, 1.165) is 57.3 Å². The van der Waals surface area contributed by atoms with Crippen molar-refractivity contribution in [3.05, 3.63) is 143 Å². The number of hydrogen-bond donors (Lipinski definition) is 1. The summed E-state index contributed by atoms with van der Waals surface area (Å²) in [5.74, 6) is 1.94. The first-order valence-corrected chi connectivity index (χ1v) is 14.3. The number of amidine groups is 2. The van der Waals surface area contributed by atoms with E-state index in [1.165, 1.54) is 16.5 Å². The molecule has 42 heavy (non-hydrogen) atoms. The van der Waals surface area contributed by atoms with Gasteiger partial charge in [0, 0.05) is 23.7 Å². The molecule has 0 amide bonds. The molecule has 2 N–H and O–H groups in total. The Morgan fingerprint density at radius 1 is 0.833 bits per heavy atom. The molecule has 0 saturated carbocycles. The first-order chi connectivity index (χ1) is 20.7. The van der Waals surface area contributed by atoms with Gasteiger partial charge in [-0.05, 0) is 52.4 Å². The van der Waals surface area contributed by atoms with Crippen LogP contribution in [-0.2, 0) is 20.0 Å². The Morgan fingerprint density at radius 3 is 2.31 bits per heavy atom. The van der Waals surface area contributed by atoms with Gasteiger partial charge >= 0.3 is 0 Å². The Balaban J connectivity index is 1.58. The van der Waals surface area contributed by atoms with Crippen LogP contribution in [0.15, 0.2) is 125 Å². The van der Waals surface area contributed by atoms with E-state index in [-0.39, 0.29) is 0 Å². The van der Waals surface area contributed by atoms with Gasteiger partial charge in [0.2, 0.25) is 0 Å². The molecule has 1 aliphatic rings. The van der Waals surface area contributed by atoms with Gasteiger partial charge in [-0.1, -0.05) is 109 Å². The van der Waals surface area contributed by atoms with Gasteiger partial charge in [0.15, 0.2) is 5.84 Å². The van der Waals surface area contributed by atoms with Crippen LogP contribution in [0.5, 0.6) is 0 Å². The topological polar surface area (TPSA) is 68.6 Å². The van der Waals surface area contributed by atoms with Crippen molar-refractivity contribution in [3.8, 4) is 11.4 Å². The summed E-state index contributed by atoms with van der Waals surface area (Å²) < 4.78 is 2.20. The van der Waals surface area contributed by atoms with Gasteiger partial charge in [0.05, 0.1) is 17.6 Å². The molecule has 6 aromatic rings. The fraction of sp³-hybridized carbons (Fsp3) is 0.108. The maximum atomic E-state index is 6.70. The zero-order valence-corrected chi connectivity index (χ0v) is 23.5. The van der Waals surface area contributed by atoms with E-state index in [9.17, 15) is 0 Å². The van der Waals surface area contributed by atoms with Crippen molar-refractivity contribution in [1.82, 2.24) is 9.55 Å². The molecule has 5 nitrogen and oxygen atoms in total. The lowest BCUT2D eigenvalue weighted by Crippen LogP contribution is -2.18. The van der Waals surface area contributed by atoms with Crippen LogP contribution < -0.4 is 5.73 Å². The van der Waals surface area contributed by atoms with Crippen LogP contribution in [0, 0.1) is 0 Å². The van der Waals surface area contributed by atoms with Crippen molar-refractivity contribution in [3.63, 3.8) is 0 Å². The van der Waals surface area contributed by atoms with E-state index in [1.807, 2.05) is 54.6 Å². The molecule has 0 aliphatic heterocycles. The lowest BCUT2D eigenvalue weighted by molar-refractivity contribution is 0.940. The molecule has 5 aromatic carbocycles. The number of aryl methyl sites for hydroxylation is 1. The molecule has 0 bridgehead atoms. The van der Waals surface area contributed by atoms with E-state index in [4.69, 9.17) is 20.7 Å². The fourth-order valence-electron chi connectivity index (χ4n) is 5.95. The number of benzene rings is 5. The summed E-state index contributed by atoms with van der Waals surface area (Å²) in [7, 11) is 2.09. The second-order valence-corrected chi connectivity index (χ2v) is 10.6. The Hall–Kier alpha value is -5.29. The Labute approximate surface area is 245 Å². The van der Waals surface area contributed by atoms with Gasteiger partial charge in [0.1, 0.15) is 11.7 Å². The number of allylic oxidation sites excluding steroid dienone is 1. The predicted octanol–water partition coefficient (Wildman–Crippen LogP) is 7.71. The number of nitrogens with zero attached hydrogens (tertiary/aromatic N) is 4. The van der Waals surface area contributed by atoms with E-state index in [0.29, 0.717) is 18.2 Å². The zero-order chi connectivity index (χ0) is 28.5. The molecule has 0 radical (unpaired) electrons. The van der Waals surface area contributed by atoms with Crippen LogP contribution in [-0.4, -0.2) is 21.2 Å². The smallest absolute Gasteiger partial charge is 0.158 e. The molecule has 204 valence electrons. The molecule has 0 spiro atoms. The van der Waals surface area contributed by atoms with E-state index < -0.39 is 0 Å².